The fraction of sp³-hybridized carbons (Fsp3) is 0.500. The molecule has 0 unspecified atom stereocenters. The minimum Gasteiger partial charge on any atom is -0.481 e. The van der Waals surface area contributed by atoms with Gasteiger partial charge in [-0.3, -0.25) is 9.59 Å². The number of carboxylic acids is 1. The lowest BCUT2D eigenvalue weighted by Crippen LogP contribution is -2.44. The van der Waals surface area contributed by atoms with Gasteiger partial charge < -0.3 is 10.0 Å². The Hall–Kier alpha value is -2.05. The Balaban J connectivity index is 2.08. The van der Waals surface area contributed by atoms with E-state index < -0.39 is 29.3 Å². The first-order chi connectivity index (χ1) is 10.9. The third-order valence-electron chi connectivity index (χ3n) is 4.10. The summed E-state index contributed by atoms with van der Waals surface area (Å²) < 4.78 is 39.8. The van der Waals surface area contributed by atoms with Crippen LogP contribution in [0.1, 0.15) is 37.7 Å². The standard InChI is InChI=1S/C16H18F3NO3/c17-12-6-4-10(15(18)16(12)19)9-13(21)20-8-2-1-3-11(20)5-7-14(22)23/h4,6,11H,1-3,5,7-9H2,(H,22,23)/t11-/m1/s1. The van der Waals surface area contributed by atoms with E-state index >= 15 is 0 Å². The molecule has 0 spiro atoms. The molecule has 1 N–H and O–H groups in total. The van der Waals surface area contributed by atoms with Crippen molar-refractivity contribution in [3.8, 4) is 0 Å². The summed E-state index contributed by atoms with van der Waals surface area (Å²) in [6, 6.07) is 1.64. The van der Waals surface area contributed by atoms with Crippen molar-refractivity contribution in [2.75, 3.05) is 6.54 Å². The van der Waals surface area contributed by atoms with E-state index in [0.29, 0.717) is 19.4 Å². The smallest absolute Gasteiger partial charge is 0.303 e. The predicted molar refractivity (Wildman–Crippen MR) is 76.2 cm³/mol. The Labute approximate surface area is 131 Å². The quantitative estimate of drug-likeness (QED) is 0.845. The van der Waals surface area contributed by atoms with Gasteiger partial charge in [0.05, 0.1) is 6.42 Å². The normalized spacial score (nSPS) is 18.0. The zero-order valence-corrected chi connectivity index (χ0v) is 12.5. The number of hydrogen-bond acceptors (Lipinski definition) is 2. The molecule has 23 heavy (non-hydrogen) atoms. The first kappa shape index (κ1) is 17.3. The van der Waals surface area contributed by atoms with Crippen LogP contribution in [-0.4, -0.2) is 34.5 Å². The Bertz CT molecular complexity index is 606. The van der Waals surface area contributed by atoms with Gasteiger partial charge in [-0.1, -0.05) is 6.07 Å². The summed E-state index contributed by atoms with van der Waals surface area (Å²) in [6.45, 7) is 0.467. The van der Waals surface area contributed by atoms with Gasteiger partial charge in [0, 0.05) is 24.6 Å². The number of amides is 1. The second-order valence-electron chi connectivity index (χ2n) is 5.68. The molecule has 126 valence electrons. The highest BCUT2D eigenvalue weighted by molar-refractivity contribution is 5.79. The third-order valence-corrected chi connectivity index (χ3v) is 4.10. The van der Waals surface area contributed by atoms with Crippen molar-refractivity contribution in [3.63, 3.8) is 0 Å². The number of benzene rings is 1. The van der Waals surface area contributed by atoms with E-state index in [1.165, 1.54) is 4.90 Å². The van der Waals surface area contributed by atoms with E-state index in [2.05, 4.69) is 0 Å². The number of nitrogens with zero attached hydrogens (tertiary/aromatic N) is 1. The van der Waals surface area contributed by atoms with Crippen LogP contribution >= 0.6 is 0 Å². The molecule has 7 heteroatoms. The molecular formula is C16H18F3NO3. The summed E-state index contributed by atoms with van der Waals surface area (Å²) >= 11 is 0. The van der Waals surface area contributed by atoms with E-state index in [4.69, 9.17) is 5.11 Å². The summed E-state index contributed by atoms with van der Waals surface area (Å²) in [5, 5.41) is 8.77. The van der Waals surface area contributed by atoms with E-state index in [9.17, 15) is 22.8 Å². The van der Waals surface area contributed by atoms with Crippen LogP contribution in [0.4, 0.5) is 13.2 Å². The van der Waals surface area contributed by atoms with Gasteiger partial charge in [0.1, 0.15) is 0 Å². The van der Waals surface area contributed by atoms with E-state index in [1.54, 1.807) is 0 Å². The lowest BCUT2D eigenvalue weighted by Gasteiger charge is -2.35. The summed E-state index contributed by atoms with van der Waals surface area (Å²) in [4.78, 5) is 24.6. The SMILES string of the molecule is O=C(O)CC[C@H]1CCCCN1C(=O)Cc1ccc(F)c(F)c1F. The van der Waals surface area contributed by atoms with Gasteiger partial charge in [-0.25, -0.2) is 13.2 Å². The van der Waals surface area contributed by atoms with Crippen LogP contribution in [-0.2, 0) is 16.0 Å². The predicted octanol–water partition coefficient (Wildman–Crippen LogP) is 2.89. The summed E-state index contributed by atoms with van der Waals surface area (Å²) in [7, 11) is 0. The van der Waals surface area contributed by atoms with Crippen molar-refractivity contribution in [1.29, 1.82) is 0 Å². The highest BCUT2D eigenvalue weighted by Crippen LogP contribution is 2.23. The second-order valence-corrected chi connectivity index (χ2v) is 5.68. The van der Waals surface area contributed by atoms with Crippen LogP contribution in [0.2, 0.25) is 0 Å². The number of carbonyl (C=O) groups is 2. The van der Waals surface area contributed by atoms with Crippen LogP contribution in [0.25, 0.3) is 0 Å². The average molecular weight is 329 g/mol. The molecule has 1 aromatic carbocycles. The lowest BCUT2D eigenvalue weighted by atomic mass is 9.97. The van der Waals surface area contributed by atoms with Crippen LogP contribution in [0.15, 0.2) is 12.1 Å². The average Bonchev–Trinajstić information content (AvgIpc) is 2.53. The van der Waals surface area contributed by atoms with Crippen molar-refractivity contribution in [2.24, 2.45) is 0 Å². The minimum atomic E-state index is -1.59. The molecule has 0 aromatic heterocycles. The molecule has 1 atom stereocenters. The van der Waals surface area contributed by atoms with Gasteiger partial charge >= 0.3 is 5.97 Å². The minimum absolute atomic E-state index is 0.0476. The number of aliphatic carboxylic acids is 1. The van der Waals surface area contributed by atoms with Crippen molar-refractivity contribution >= 4 is 11.9 Å². The molecule has 1 aromatic rings. The second kappa shape index (κ2) is 7.48. The molecule has 1 amide bonds. The van der Waals surface area contributed by atoms with Gasteiger partial charge in [0.2, 0.25) is 5.91 Å². The van der Waals surface area contributed by atoms with Gasteiger partial charge in [-0.15, -0.1) is 0 Å². The van der Waals surface area contributed by atoms with Crippen LogP contribution in [0.3, 0.4) is 0 Å². The maximum atomic E-state index is 13.7. The zero-order valence-electron chi connectivity index (χ0n) is 12.5. The fourth-order valence-electron chi connectivity index (χ4n) is 2.89. The summed E-state index contributed by atoms with van der Waals surface area (Å²) in [6.07, 6.45) is 2.30. The topological polar surface area (TPSA) is 57.6 Å². The van der Waals surface area contributed by atoms with Gasteiger partial charge in [0.25, 0.3) is 0 Å². The van der Waals surface area contributed by atoms with Crippen molar-refractivity contribution in [1.82, 2.24) is 4.90 Å². The van der Waals surface area contributed by atoms with Crippen molar-refractivity contribution in [2.45, 2.75) is 44.6 Å². The highest BCUT2D eigenvalue weighted by Gasteiger charge is 2.28. The maximum Gasteiger partial charge on any atom is 0.303 e. The molecule has 1 aliphatic heterocycles. The zero-order chi connectivity index (χ0) is 17.0. The van der Waals surface area contributed by atoms with E-state index in [0.717, 1.165) is 25.0 Å². The number of carbonyl (C=O) groups excluding carboxylic acids is 1. The molecule has 1 saturated heterocycles. The molecule has 0 saturated carbocycles. The summed E-state index contributed by atoms with van der Waals surface area (Å²) in [5.41, 5.74) is -0.198. The van der Waals surface area contributed by atoms with Crippen molar-refractivity contribution < 1.29 is 27.9 Å². The monoisotopic (exact) mass is 329 g/mol. The fourth-order valence-corrected chi connectivity index (χ4v) is 2.89. The first-order valence-electron chi connectivity index (χ1n) is 7.53. The molecule has 0 aliphatic carbocycles. The summed E-state index contributed by atoms with van der Waals surface area (Å²) in [5.74, 6) is -5.57. The van der Waals surface area contributed by atoms with E-state index in [-0.39, 0.29) is 24.4 Å². The molecule has 1 aliphatic rings. The van der Waals surface area contributed by atoms with Crippen molar-refractivity contribution in [3.05, 3.63) is 35.1 Å². The number of carboxylic acid groups (broad SMARTS) is 1. The van der Waals surface area contributed by atoms with E-state index in [1.807, 2.05) is 0 Å². The number of likely N-dealkylation sites (tertiary alicyclic amines) is 1. The van der Waals surface area contributed by atoms with Crippen LogP contribution in [0.5, 0.6) is 0 Å². The molecule has 4 nitrogen and oxygen atoms in total. The molecule has 0 radical (unpaired) electrons. The Morgan fingerprint density at radius 3 is 2.61 bits per heavy atom. The Morgan fingerprint density at radius 2 is 1.91 bits per heavy atom. The van der Waals surface area contributed by atoms with Crippen LogP contribution in [0, 0.1) is 17.5 Å². The van der Waals surface area contributed by atoms with Gasteiger partial charge in [0.15, 0.2) is 17.5 Å². The number of hydrogen-bond donors (Lipinski definition) is 1. The molecule has 1 heterocycles. The maximum absolute atomic E-state index is 13.7. The van der Waals surface area contributed by atoms with Gasteiger partial charge in [-0.2, -0.15) is 0 Å². The van der Waals surface area contributed by atoms with Crippen LogP contribution < -0.4 is 0 Å². The lowest BCUT2D eigenvalue weighted by molar-refractivity contribution is -0.139. The van der Waals surface area contributed by atoms with Gasteiger partial charge in [-0.05, 0) is 31.7 Å². The molecular weight excluding hydrogens is 311 g/mol. The first-order valence-corrected chi connectivity index (χ1v) is 7.53. The highest BCUT2D eigenvalue weighted by atomic mass is 19.2. The number of rotatable bonds is 5. The molecule has 1 fully saturated rings. The number of halogens is 3. The molecule has 0 bridgehead atoms. The Kier molecular flexibility index (Phi) is 5.63. The molecule has 2 rings (SSSR count). The largest absolute Gasteiger partial charge is 0.481 e. The Morgan fingerprint density at radius 1 is 1.17 bits per heavy atom. The third kappa shape index (κ3) is 4.24. The number of piperidine rings is 1.